The summed E-state index contributed by atoms with van der Waals surface area (Å²) in [5.41, 5.74) is 0. The SMILES string of the molecule is O=C(CN(C1CCCCC1)S(=O)(=O)c1ccc(Br)cc1)N1CCNCC1. The second-order valence-corrected chi connectivity index (χ2v) is 9.73. The van der Waals surface area contributed by atoms with Gasteiger partial charge in [0.05, 0.1) is 11.4 Å². The largest absolute Gasteiger partial charge is 0.339 e. The van der Waals surface area contributed by atoms with Crippen molar-refractivity contribution in [3.05, 3.63) is 28.7 Å². The zero-order chi connectivity index (χ0) is 18.6. The molecule has 1 aromatic rings. The predicted octanol–water partition coefficient (Wildman–Crippen LogP) is 2.20. The van der Waals surface area contributed by atoms with Gasteiger partial charge in [0.25, 0.3) is 0 Å². The Labute approximate surface area is 164 Å². The summed E-state index contributed by atoms with van der Waals surface area (Å²) in [6.07, 6.45) is 4.81. The van der Waals surface area contributed by atoms with Gasteiger partial charge >= 0.3 is 0 Å². The van der Waals surface area contributed by atoms with Crippen molar-refractivity contribution in [2.75, 3.05) is 32.7 Å². The lowest BCUT2D eigenvalue weighted by molar-refractivity contribution is -0.132. The molecule has 0 unspecified atom stereocenters. The van der Waals surface area contributed by atoms with Crippen LogP contribution in [0.15, 0.2) is 33.6 Å². The molecule has 3 rings (SSSR count). The zero-order valence-corrected chi connectivity index (χ0v) is 17.3. The van der Waals surface area contributed by atoms with Crippen LogP contribution >= 0.6 is 15.9 Å². The maximum Gasteiger partial charge on any atom is 0.243 e. The maximum atomic E-state index is 13.3. The Hall–Kier alpha value is -0.960. The topological polar surface area (TPSA) is 69.7 Å². The highest BCUT2D eigenvalue weighted by molar-refractivity contribution is 9.10. The summed E-state index contributed by atoms with van der Waals surface area (Å²) in [4.78, 5) is 14.8. The molecule has 8 heteroatoms. The van der Waals surface area contributed by atoms with Gasteiger partial charge in [-0.05, 0) is 37.1 Å². The van der Waals surface area contributed by atoms with E-state index in [2.05, 4.69) is 21.2 Å². The minimum Gasteiger partial charge on any atom is -0.339 e. The molecule has 0 aromatic heterocycles. The van der Waals surface area contributed by atoms with Crippen molar-refractivity contribution in [3.63, 3.8) is 0 Å². The van der Waals surface area contributed by atoms with Crippen LogP contribution in [0.4, 0.5) is 0 Å². The van der Waals surface area contributed by atoms with Crippen LogP contribution in [0.5, 0.6) is 0 Å². The molecule has 0 atom stereocenters. The number of piperazine rings is 1. The number of nitrogens with zero attached hydrogens (tertiary/aromatic N) is 2. The van der Waals surface area contributed by atoms with E-state index < -0.39 is 10.0 Å². The van der Waals surface area contributed by atoms with Crippen LogP contribution in [0.25, 0.3) is 0 Å². The van der Waals surface area contributed by atoms with E-state index in [1.165, 1.54) is 4.31 Å². The van der Waals surface area contributed by atoms with Crippen LogP contribution in [0, 0.1) is 0 Å². The van der Waals surface area contributed by atoms with Crippen molar-refractivity contribution < 1.29 is 13.2 Å². The maximum absolute atomic E-state index is 13.3. The summed E-state index contributed by atoms with van der Waals surface area (Å²) in [7, 11) is -3.70. The lowest BCUT2D eigenvalue weighted by Crippen LogP contribution is -2.52. The number of carbonyl (C=O) groups is 1. The molecule has 1 saturated heterocycles. The van der Waals surface area contributed by atoms with Crippen molar-refractivity contribution in [2.24, 2.45) is 0 Å². The first-order valence-electron chi connectivity index (χ1n) is 9.24. The molecule has 1 aromatic carbocycles. The summed E-state index contributed by atoms with van der Waals surface area (Å²) in [6.45, 7) is 2.72. The van der Waals surface area contributed by atoms with E-state index in [0.29, 0.717) is 13.1 Å². The summed E-state index contributed by atoms with van der Waals surface area (Å²) < 4.78 is 28.9. The van der Waals surface area contributed by atoms with Gasteiger partial charge in [-0.15, -0.1) is 0 Å². The van der Waals surface area contributed by atoms with Gasteiger partial charge in [-0.3, -0.25) is 4.79 Å². The van der Waals surface area contributed by atoms with Crippen LogP contribution < -0.4 is 5.32 Å². The van der Waals surface area contributed by atoms with Crippen LogP contribution in [0.1, 0.15) is 32.1 Å². The first kappa shape index (κ1) is 19.8. The molecule has 0 bridgehead atoms. The summed E-state index contributed by atoms with van der Waals surface area (Å²) in [5.74, 6) is -0.0993. The standard InChI is InChI=1S/C18H26BrN3O3S/c19-15-6-8-17(9-7-15)26(24,25)22(16-4-2-1-3-5-16)14-18(23)21-12-10-20-11-13-21/h6-9,16,20H,1-5,10-14H2. The third-order valence-electron chi connectivity index (χ3n) is 5.16. The monoisotopic (exact) mass is 443 g/mol. The molecule has 1 N–H and O–H groups in total. The number of amides is 1. The minimum absolute atomic E-state index is 0.0664. The smallest absolute Gasteiger partial charge is 0.243 e. The summed E-state index contributed by atoms with van der Waals surface area (Å²) in [6, 6.07) is 6.56. The van der Waals surface area contributed by atoms with Gasteiger partial charge < -0.3 is 10.2 Å². The highest BCUT2D eigenvalue weighted by atomic mass is 79.9. The van der Waals surface area contributed by atoms with Gasteiger partial charge in [-0.25, -0.2) is 8.42 Å². The van der Waals surface area contributed by atoms with Gasteiger partial charge in [0, 0.05) is 36.7 Å². The summed E-state index contributed by atoms with van der Waals surface area (Å²) in [5, 5.41) is 3.22. The molecule has 0 spiro atoms. The second kappa shape index (κ2) is 8.82. The zero-order valence-electron chi connectivity index (χ0n) is 14.9. The molecule has 0 radical (unpaired) electrons. The molecule has 6 nitrogen and oxygen atoms in total. The van der Waals surface area contributed by atoms with Crippen molar-refractivity contribution in [3.8, 4) is 0 Å². The quantitative estimate of drug-likeness (QED) is 0.756. The first-order chi connectivity index (χ1) is 12.5. The van der Waals surface area contributed by atoms with E-state index in [0.717, 1.165) is 49.7 Å². The predicted molar refractivity (Wildman–Crippen MR) is 104 cm³/mol. The molecule has 1 aliphatic heterocycles. The Balaban J connectivity index is 1.84. The Bertz CT molecular complexity index is 712. The van der Waals surface area contributed by atoms with Gasteiger partial charge in [-0.1, -0.05) is 35.2 Å². The second-order valence-electron chi connectivity index (χ2n) is 6.93. The van der Waals surface area contributed by atoms with E-state index in [-0.39, 0.29) is 23.4 Å². The molecule has 144 valence electrons. The number of rotatable bonds is 5. The van der Waals surface area contributed by atoms with Crippen LogP contribution in [0.3, 0.4) is 0 Å². The van der Waals surface area contributed by atoms with E-state index >= 15 is 0 Å². The Morgan fingerprint density at radius 2 is 1.73 bits per heavy atom. The fraction of sp³-hybridized carbons (Fsp3) is 0.611. The van der Waals surface area contributed by atoms with Crippen LogP contribution in [-0.2, 0) is 14.8 Å². The molecule has 26 heavy (non-hydrogen) atoms. The van der Waals surface area contributed by atoms with E-state index in [9.17, 15) is 13.2 Å². The highest BCUT2D eigenvalue weighted by Crippen LogP contribution is 2.28. The molecule has 1 amide bonds. The number of benzene rings is 1. The molecule has 2 aliphatic rings. The van der Waals surface area contributed by atoms with E-state index in [1.54, 1.807) is 29.2 Å². The fourth-order valence-electron chi connectivity index (χ4n) is 3.67. The average Bonchev–Trinajstić information content (AvgIpc) is 2.67. The summed E-state index contributed by atoms with van der Waals surface area (Å²) >= 11 is 3.34. The van der Waals surface area contributed by atoms with Crippen molar-refractivity contribution in [2.45, 2.75) is 43.0 Å². The number of nitrogens with one attached hydrogen (secondary N) is 1. The number of hydrogen-bond acceptors (Lipinski definition) is 4. The number of sulfonamides is 1. The molecular formula is C18H26BrN3O3S. The molecule has 1 heterocycles. The number of carbonyl (C=O) groups excluding carboxylic acids is 1. The van der Waals surface area contributed by atoms with Crippen molar-refractivity contribution in [1.29, 1.82) is 0 Å². The Morgan fingerprint density at radius 3 is 2.35 bits per heavy atom. The van der Waals surface area contributed by atoms with Crippen LogP contribution in [-0.4, -0.2) is 62.3 Å². The molecular weight excluding hydrogens is 418 g/mol. The van der Waals surface area contributed by atoms with Gasteiger partial charge in [0.1, 0.15) is 0 Å². The molecule has 1 aliphatic carbocycles. The van der Waals surface area contributed by atoms with E-state index in [4.69, 9.17) is 0 Å². The van der Waals surface area contributed by atoms with Crippen LogP contribution in [0.2, 0.25) is 0 Å². The average molecular weight is 444 g/mol. The van der Waals surface area contributed by atoms with Crippen molar-refractivity contribution >= 4 is 31.9 Å². The van der Waals surface area contributed by atoms with Gasteiger partial charge in [0.15, 0.2) is 0 Å². The number of hydrogen-bond donors (Lipinski definition) is 1. The van der Waals surface area contributed by atoms with Gasteiger partial charge in [0.2, 0.25) is 15.9 Å². The Kier molecular flexibility index (Phi) is 6.71. The lowest BCUT2D eigenvalue weighted by atomic mass is 9.95. The normalized spacial score (nSPS) is 19.7. The highest BCUT2D eigenvalue weighted by Gasteiger charge is 2.35. The lowest BCUT2D eigenvalue weighted by Gasteiger charge is -2.35. The molecule has 2 fully saturated rings. The Morgan fingerprint density at radius 1 is 1.12 bits per heavy atom. The molecule has 1 saturated carbocycles. The number of halogens is 1. The minimum atomic E-state index is -3.70. The van der Waals surface area contributed by atoms with Gasteiger partial charge in [-0.2, -0.15) is 4.31 Å². The third-order valence-corrected chi connectivity index (χ3v) is 7.60. The third kappa shape index (κ3) is 4.65. The van der Waals surface area contributed by atoms with E-state index in [1.807, 2.05) is 0 Å². The first-order valence-corrected chi connectivity index (χ1v) is 11.5. The van der Waals surface area contributed by atoms with Crippen molar-refractivity contribution in [1.82, 2.24) is 14.5 Å². The fourth-order valence-corrected chi connectivity index (χ4v) is 5.57.